The van der Waals surface area contributed by atoms with Crippen molar-refractivity contribution in [1.82, 2.24) is 4.90 Å². The van der Waals surface area contributed by atoms with Crippen molar-refractivity contribution in [2.45, 2.75) is 6.54 Å². The molecule has 0 atom stereocenters. The minimum atomic E-state index is -0.667. The van der Waals surface area contributed by atoms with Gasteiger partial charge >= 0.3 is 0 Å². The van der Waals surface area contributed by atoms with Crippen molar-refractivity contribution >= 4 is 34.7 Å². The Kier molecular flexibility index (Phi) is 5.32. The second-order valence-corrected chi connectivity index (χ2v) is 6.73. The number of aromatic hydroxyl groups is 1. The maximum Gasteiger partial charge on any atom is 0.293 e. The highest BCUT2D eigenvalue weighted by molar-refractivity contribution is 8.18. The lowest BCUT2D eigenvalue weighted by Crippen LogP contribution is -2.27. The van der Waals surface area contributed by atoms with Gasteiger partial charge in [-0.2, -0.15) is 0 Å². The molecule has 3 rings (SSSR count). The summed E-state index contributed by atoms with van der Waals surface area (Å²) in [6.07, 6.45) is 1.19. The fourth-order valence-electron chi connectivity index (χ4n) is 2.54. The third-order valence-electron chi connectivity index (χ3n) is 3.93. The number of nitro benzene ring substituents is 1. The largest absolute Gasteiger partial charge is 0.504 e. The first-order valence-corrected chi connectivity index (χ1v) is 8.67. The number of amides is 2. The van der Waals surface area contributed by atoms with Crippen LogP contribution in [-0.2, 0) is 11.3 Å². The van der Waals surface area contributed by atoms with E-state index in [4.69, 9.17) is 4.74 Å². The van der Waals surface area contributed by atoms with Gasteiger partial charge in [0.15, 0.2) is 11.5 Å². The lowest BCUT2D eigenvalue weighted by atomic mass is 10.1. The van der Waals surface area contributed by atoms with Crippen LogP contribution in [0.5, 0.6) is 11.5 Å². The third kappa shape index (κ3) is 3.81. The number of rotatable bonds is 5. The monoisotopic (exact) mass is 404 g/mol. The van der Waals surface area contributed by atoms with Gasteiger partial charge in [0.2, 0.25) is 0 Å². The molecule has 2 amide bonds. The number of phenols is 1. The van der Waals surface area contributed by atoms with Gasteiger partial charge in [0.25, 0.3) is 16.8 Å². The molecule has 1 N–H and O–H groups in total. The molecular weight excluding hydrogens is 391 g/mol. The molecule has 1 fully saturated rings. The molecule has 0 aliphatic carbocycles. The second kappa shape index (κ2) is 7.69. The Morgan fingerprint density at radius 1 is 1.29 bits per heavy atom. The number of nitrogens with zero attached hydrogens (tertiary/aromatic N) is 2. The number of carbonyl (C=O) groups is 2. The normalized spacial score (nSPS) is 15.4. The summed E-state index contributed by atoms with van der Waals surface area (Å²) in [4.78, 5) is 36.1. The summed E-state index contributed by atoms with van der Waals surface area (Å²) in [5, 5.41) is 20.7. The first-order valence-electron chi connectivity index (χ1n) is 7.85. The Hall–Kier alpha value is -3.40. The Bertz CT molecular complexity index is 1010. The van der Waals surface area contributed by atoms with Crippen LogP contribution in [0.4, 0.5) is 14.9 Å². The molecule has 0 saturated carbocycles. The van der Waals surface area contributed by atoms with Gasteiger partial charge < -0.3 is 9.84 Å². The summed E-state index contributed by atoms with van der Waals surface area (Å²) in [6, 6.07) is 7.48. The van der Waals surface area contributed by atoms with Crippen LogP contribution in [-0.4, -0.2) is 33.2 Å². The van der Waals surface area contributed by atoms with E-state index in [-0.39, 0.29) is 28.5 Å². The van der Waals surface area contributed by atoms with Crippen LogP contribution < -0.4 is 4.74 Å². The first kappa shape index (κ1) is 19.4. The van der Waals surface area contributed by atoms with Crippen molar-refractivity contribution in [3.63, 3.8) is 0 Å². The van der Waals surface area contributed by atoms with E-state index in [0.717, 1.165) is 17.0 Å². The summed E-state index contributed by atoms with van der Waals surface area (Å²) >= 11 is 0.638. The zero-order chi connectivity index (χ0) is 20.4. The van der Waals surface area contributed by atoms with E-state index in [1.165, 1.54) is 37.5 Å². The average Bonchev–Trinajstić information content (AvgIpc) is 2.92. The quantitative estimate of drug-likeness (QED) is 0.460. The molecule has 0 bridgehead atoms. The topological polar surface area (TPSA) is 110 Å². The van der Waals surface area contributed by atoms with Crippen LogP contribution in [0.25, 0.3) is 6.08 Å². The molecule has 10 heteroatoms. The number of carbonyl (C=O) groups excluding carboxylic acids is 2. The molecule has 0 aromatic heterocycles. The van der Waals surface area contributed by atoms with E-state index in [2.05, 4.69) is 0 Å². The number of hydrogen-bond acceptors (Lipinski definition) is 7. The number of benzene rings is 2. The molecule has 0 spiro atoms. The number of non-ortho nitro benzene ring substituents is 1. The highest BCUT2D eigenvalue weighted by Crippen LogP contribution is 2.39. The molecule has 1 aliphatic heterocycles. The number of imide groups is 1. The Labute approximate surface area is 162 Å². The van der Waals surface area contributed by atoms with Crippen LogP contribution in [0.3, 0.4) is 0 Å². The molecule has 1 aliphatic rings. The number of thioether (sulfide) groups is 1. The number of halogens is 1. The number of hydrogen-bond donors (Lipinski definition) is 1. The van der Waals surface area contributed by atoms with Gasteiger partial charge in [-0.15, -0.1) is 0 Å². The summed E-state index contributed by atoms with van der Waals surface area (Å²) in [5.74, 6) is -1.58. The van der Waals surface area contributed by atoms with E-state index in [1.54, 1.807) is 0 Å². The van der Waals surface area contributed by atoms with Crippen molar-refractivity contribution in [2.75, 3.05) is 7.11 Å². The molecule has 0 radical (unpaired) electrons. The maximum absolute atomic E-state index is 13.0. The zero-order valence-corrected chi connectivity index (χ0v) is 15.2. The highest BCUT2D eigenvalue weighted by Gasteiger charge is 2.35. The summed E-state index contributed by atoms with van der Waals surface area (Å²) < 4.78 is 17.9. The molecule has 1 saturated heterocycles. The fourth-order valence-corrected chi connectivity index (χ4v) is 3.36. The standard InChI is InChI=1S/C18H13FN2O6S/c1-27-14-8-13(21(25)26)6-11(16(14)22)7-15-17(23)20(18(24)28-15)9-10-2-4-12(19)5-3-10/h2-8,22H,9H2,1H3/b15-7-. The zero-order valence-electron chi connectivity index (χ0n) is 14.4. The molecule has 0 unspecified atom stereocenters. The first-order chi connectivity index (χ1) is 13.3. The second-order valence-electron chi connectivity index (χ2n) is 5.74. The average molecular weight is 404 g/mol. The summed E-state index contributed by atoms with van der Waals surface area (Å²) in [6.45, 7) is -0.0491. The number of methoxy groups -OCH3 is 1. The Morgan fingerprint density at radius 2 is 1.96 bits per heavy atom. The van der Waals surface area contributed by atoms with E-state index < -0.39 is 27.6 Å². The Balaban J connectivity index is 1.92. The van der Waals surface area contributed by atoms with Crippen LogP contribution >= 0.6 is 11.8 Å². The van der Waals surface area contributed by atoms with Crippen molar-refractivity contribution in [1.29, 1.82) is 0 Å². The minimum absolute atomic E-state index is 0.00929. The molecule has 28 heavy (non-hydrogen) atoms. The van der Waals surface area contributed by atoms with Crippen LogP contribution in [0.1, 0.15) is 11.1 Å². The predicted molar refractivity (Wildman–Crippen MR) is 99.2 cm³/mol. The van der Waals surface area contributed by atoms with Gasteiger partial charge in [-0.3, -0.25) is 24.6 Å². The van der Waals surface area contributed by atoms with Gasteiger partial charge in [0.05, 0.1) is 29.5 Å². The molecule has 2 aromatic carbocycles. The molecule has 144 valence electrons. The minimum Gasteiger partial charge on any atom is -0.504 e. The van der Waals surface area contributed by atoms with Gasteiger partial charge in [-0.05, 0) is 35.5 Å². The predicted octanol–water partition coefficient (Wildman–Crippen LogP) is 3.68. The number of phenolic OH excluding ortho intramolecular Hbond substituents is 1. The van der Waals surface area contributed by atoms with Crippen LogP contribution in [0, 0.1) is 15.9 Å². The van der Waals surface area contributed by atoms with Gasteiger partial charge in [0.1, 0.15) is 5.82 Å². The SMILES string of the molecule is COc1cc([N+](=O)[O-])cc(/C=C2\SC(=O)N(Cc3ccc(F)cc3)C2=O)c1O. The maximum atomic E-state index is 13.0. The number of nitro groups is 1. The fraction of sp³-hybridized carbons (Fsp3) is 0.111. The summed E-state index contributed by atoms with van der Waals surface area (Å²) in [7, 11) is 1.24. The van der Waals surface area contributed by atoms with Crippen molar-refractivity contribution in [3.05, 3.63) is 68.4 Å². The molecular formula is C18H13FN2O6S. The van der Waals surface area contributed by atoms with E-state index >= 15 is 0 Å². The van der Waals surface area contributed by atoms with Crippen LogP contribution in [0.2, 0.25) is 0 Å². The van der Waals surface area contributed by atoms with Gasteiger partial charge in [0, 0.05) is 11.6 Å². The van der Waals surface area contributed by atoms with Gasteiger partial charge in [-0.1, -0.05) is 12.1 Å². The van der Waals surface area contributed by atoms with Crippen molar-refractivity contribution < 1.29 is 28.7 Å². The van der Waals surface area contributed by atoms with E-state index in [1.807, 2.05) is 0 Å². The molecule has 1 heterocycles. The third-order valence-corrected chi connectivity index (χ3v) is 4.84. The van der Waals surface area contributed by atoms with Crippen molar-refractivity contribution in [3.8, 4) is 11.5 Å². The molecule has 2 aromatic rings. The van der Waals surface area contributed by atoms with Crippen molar-refractivity contribution in [2.24, 2.45) is 0 Å². The summed E-state index contributed by atoms with van der Waals surface area (Å²) in [5.41, 5.74) is 0.189. The molecule has 8 nitrogen and oxygen atoms in total. The van der Waals surface area contributed by atoms with E-state index in [0.29, 0.717) is 17.3 Å². The Morgan fingerprint density at radius 3 is 2.57 bits per heavy atom. The van der Waals surface area contributed by atoms with Gasteiger partial charge in [-0.25, -0.2) is 4.39 Å². The smallest absolute Gasteiger partial charge is 0.293 e. The lowest BCUT2D eigenvalue weighted by Gasteiger charge is -2.12. The van der Waals surface area contributed by atoms with Crippen LogP contribution in [0.15, 0.2) is 41.3 Å². The highest BCUT2D eigenvalue weighted by atomic mass is 32.2. The van der Waals surface area contributed by atoms with E-state index in [9.17, 15) is 29.2 Å². The lowest BCUT2D eigenvalue weighted by molar-refractivity contribution is -0.385. The number of ether oxygens (including phenoxy) is 1.